The van der Waals surface area contributed by atoms with Gasteiger partial charge in [0.25, 0.3) is 0 Å². The first-order valence-corrected chi connectivity index (χ1v) is 5.05. The maximum atomic E-state index is 5.26. The Kier molecular flexibility index (Phi) is 4.79. The quantitative estimate of drug-likeness (QED) is 0.446. The molecule has 0 aliphatic rings. The van der Waals surface area contributed by atoms with Crippen LogP contribution in [0.2, 0.25) is 0 Å². The summed E-state index contributed by atoms with van der Waals surface area (Å²) in [6.07, 6.45) is 1.43. The van der Waals surface area contributed by atoms with E-state index in [9.17, 15) is 0 Å². The molecule has 0 atom stereocenters. The van der Waals surface area contributed by atoms with Crippen LogP contribution in [0.1, 0.15) is 5.56 Å². The van der Waals surface area contributed by atoms with Gasteiger partial charge in [0.2, 0.25) is 5.96 Å². The summed E-state index contributed by atoms with van der Waals surface area (Å²) in [5.74, 6) is 1.49. The maximum Gasteiger partial charge on any atom is 0.211 e. The van der Waals surface area contributed by atoms with Gasteiger partial charge >= 0.3 is 0 Å². The topological polar surface area (TPSA) is 104 Å². The van der Waals surface area contributed by atoms with Gasteiger partial charge in [-0.3, -0.25) is 0 Å². The molecule has 1 aromatic carbocycles. The summed E-state index contributed by atoms with van der Waals surface area (Å²) in [5, 5.41) is 7.25. The van der Waals surface area contributed by atoms with Crippen molar-refractivity contribution in [2.24, 2.45) is 21.7 Å². The number of guanidine groups is 1. The lowest BCUT2D eigenvalue weighted by molar-refractivity contribution is 0.348. The minimum absolute atomic E-state index is 0.132. The predicted octanol–water partition coefficient (Wildman–Crippen LogP) is 0.320. The van der Waals surface area contributed by atoms with E-state index in [1.807, 2.05) is 0 Å². The van der Waals surface area contributed by atoms with Crippen LogP contribution >= 0.6 is 0 Å². The van der Waals surface area contributed by atoms with E-state index < -0.39 is 0 Å². The normalized spacial score (nSPS) is 10.2. The highest BCUT2D eigenvalue weighted by molar-refractivity contribution is 5.89. The smallest absolute Gasteiger partial charge is 0.211 e. The van der Waals surface area contributed by atoms with E-state index in [1.165, 1.54) is 13.3 Å². The molecule has 1 rings (SSSR count). The molecule has 0 heterocycles. The van der Waals surface area contributed by atoms with Gasteiger partial charge in [-0.15, -0.1) is 5.10 Å². The van der Waals surface area contributed by atoms with Gasteiger partial charge < -0.3 is 25.7 Å². The zero-order valence-corrected chi connectivity index (χ0v) is 10.5. The van der Waals surface area contributed by atoms with E-state index in [4.69, 9.17) is 25.7 Å². The standard InChI is InChI=1S/C11H16N4O3/c1-16-8-4-5-9(17-2)10(18-3)7(8)6-14-15-11(12)13/h4-6H,1-3H3,(H4,12,13,15). The Bertz CT molecular complexity index is 468. The summed E-state index contributed by atoms with van der Waals surface area (Å²) in [5.41, 5.74) is 10.9. The van der Waals surface area contributed by atoms with Crippen LogP contribution in [0.4, 0.5) is 0 Å². The van der Waals surface area contributed by atoms with Crippen molar-refractivity contribution in [3.05, 3.63) is 17.7 Å². The number of benzene rings is 1. The van der Waals surface area contributed by atoms with E-state index >= 15 is 0 Å². The molecule has 0 aliphatic carbocycles. The van der Waals surface area contributed by atoms with E-state index in [2.05, 4.69) is 10.2 Å². The van der Waals surface area contributed by atoms with Crippen molar-refractivity contribution < 1.29 is 14.2 Å². The summed E-state index contributed by atoms with van der Waals surface area (Å²) >= 11 is 0. The molecule has 0 saturated carbocycles. The Morgan fingerprint density at radius 2 is 1.67 bits per heavy atom. The van der Waals surface area contributed by atoms with Crippen molar-refractivity contribution >= 4 is 12.2 Å². The molecule has 0 fully saturated rings. The monoisotopic (exact) mass is 252 g/mol. The van der Waals surface area contributed by atoms with Gasteiger partial charge in [-0.05, 0) is 12.1 Å². The van der Waals surface area contributed by atoms with Gasteiger partial charge in [0.1, 0.15) is 5.75 Å². The Morgan fingerprint density at radius 1 is 1.06 bits per heavy atom. The molecule has 0 aromatic heterocycles. The molecule has 0 saturated heterocycles. The molecule has 0 radical (unpaired) electrons. The molecule has 0 aliphatic heterocycles. The second-order valence-corrected chi connectivity index (χ2v) is 3.19. The molecule has 1 aromatic rings. The van der Waals surface area contributed by atoms with Gasteiger partial charge in [0, 0.05) is 0 Å². The third-order valence-corrected chi connectivity index (χ3v) is 2.12. The first-order chi connectivity index (χ1) is 8.63. The van der Waals surface area contributed by atoms with Crippen LogP contribution in [0, 0.1) is 0 Å². The third kappa shape index (κ3) is 3.03. The van der Waals surface area contributed by atoms with E-state index in [0.717, 1.165) is 0 Å². The Hall–Kier alpha value is -2.44. The van der Waals surface area contributed by atoms with Crippen molar-refractivity contribution in [2.45, 2.75) is 0 Å². The molecule has 0 spiro atoms. The van der Waals surface area contributed by atoms with Gasteiger partial charge in [-0.1, -0.05) is 0 Å². The van der Waals surface area contributed by atoms with Crippen molar-refractivity contribution in [1.29, 1.82) is 0 Å². The lowest BCUT2D eigenvalue weighted by Gasteiger charge is -2.12. The Labute approximate surface area is 105 Å². The Balaban J connectivity index is 3.28. The zero-order chi connectivity index (χ0) is 13.5. The lowest BCUT2D eigenvalue weighted by atomic mass is 10.1. The molecule has 0 bridgehead atoms. The summed E-state index contributed by atoms with van der Waals surface area (Å²) in [6, 6.07) is 3.47. The van der Waals surface area contributed by atoms with E-state index in [-0.39, 0.29) is 5.96 Å². The predicted molar refractivity (Wildman–Crippen MR) is 69.5 cm³/mol. The Morgan fingerprint density at radius 3 is 2.17 bits per heavy atom. The summed E-state index contributed by atoms with van der Waals surface area (Å²) in [7, 11) is 4.61. The van der Waals surface area contributed by atoms with Gasteiger partial charge in [-0.2, -0.15) is 5.10 Å². The number of rotatable bonds is 5. The van der Waals surface area contributed by atoms with E-state index in [1.54, 1.807) is 26.4 Å². The highest BCUT2D eigenvalue weighted by Crippen LogP contribution is 2.35. The van der Waals surface area contributed by atoms with Gasteiger partial charge in [0.05, 0.1) is 33.1 Å². The number of ether oxygens (including phenoxy) is 3. The number of nitrogens with two attached hydrogens (primary N) is 2. The van der Waals surface area contributed by atoms with Crippen LogP contribution in [-0.2, 0) is 0 Å². The average Bonchev–Trinajstić information content (AvgIpc) is 2.37. The minimum Gasteiger partial charge on any atom is -0.496 e. The molecule has 0 unspecified atom stereocenters. The third-order valence-electron chi connectivity index (χ3n) is 2.12. The van der Waals surface area contributed by atoms with Crippen LogP contribution in [0.3, 0.4) is 0 Å². The van der Waals surface area contributed by atoms with Crippen LogP contribution < -0.4 is 25.7 Å². The minimum atomic E-state index is -0.132. The van der Waals surface area contributed by atoms with Crippen molar-refractivity contribution in [3.8, 4) is 17.2 Å². The van der Waals surface area contributed by atoms with Crippen LogP contribution in [0.15, 0.2) is 22.3 Å². The molecular weight excluding hydrogens is 236 g/mol. The highest BCUT2D eigenvalue weighted by Gasteiger charge is 2.13. The molecule has 4 N–H and O–H groups in total. The summed E-state index contributed by atoms with van der Waals surface area (Å²) < 4.78 is 15.6. The molecule has 7 heteroatoms. The van der Waals surface area contributed by atoms with Crippen LogP contribution in [-0.4, -0.2) is 33.5 Å². The molecular formula is C11H16N4O3. The lowest BCUT2D eigenvalue weighted by Crippen LogP contribution is -2.21. The average molecular weight is 252 g/mol. The highest BCUT2D eigenvalue weighted by atomic mass is 16.5. The zero-order valence-electron chi connectivity index (χ0n) is 10.5. The van der Waals surface area contributed by atoms with Crippen LogP contribution in [0.5, 0.6) is 17.2 Å². The van der Waals surface area contributed by atoms with Crippen molar-refractivity contribution in [3.63, 3.8) is 0 Å². The number of methoxy groups -OCH3 is 3. The number of hydrogen-bond acceptors (Lipinski definition) is 5. The molecule has 7 nitrogen and oxygen atoms in total. The SMILES string of the molecule is COc1ccc(OC)c(OC)c1C=NN=C(N)N. The van der Waals surface area contributed by atoms with Gasteiger partial charge in [-0.25, -0.2) is 0 Å². The second-order valence-electron chi connectivity index (χ2n) is 3.19. The maximum absolute atomic E-state index is 5.26. The largest absolute Gasteiger partial charge is 0.496 e. The molecule has 0 amide bonds. The number of nitrogens with zero attached hydrogens (tertiary/aromatic N) is 2. The summed E-state index contributed by atoms with van der Waals surface area (Å²) in [6.45, 7) is 0. The fraction of sp³-hybridized carbons (Fsp3) is 0.273. The first-order valence-electron chi connectivity index (χ1n) is 5.05. The second kappa shape index (κ2) is 6.33. The summed E-state index contributed by atoms with van der Waals surface area (Å²) in [4.78, 5) is 0. The first kappa shape index (κ1) is 13.6. The van der Waals surface area contributed by atoms with E-state index in [0.29, 0.717) is 22.8 Å². The molecule has 18 heavy (non-hydrogen) atoms. The molecule has 98 valence electrons. The van der Waals surface area contributed by atoms with Crippen molar-refractivity contribution in [2.75, 3.05) is 21.3 Å². The van der Waals surface area contributed by atoms with Crippen molar-refractivity contribution in [1.82, 2.24) is 0 Å². The number of hydrogen-bond donors (Lipinski definition) is 2. The van der Waals surface area contributed by atoms with Crippen LogP contribution in [0.25, 0.3) is 0 Å². The fourth-order valence-electron chi connectivity index (χ4n) is 1.39. The van der Waals surface area contributed by atoms with Gasteiger partial charge in [0.15, 0.2) is 11.5 Å². The fourth-order valence-corrected chi connectivity index (χ4v) is 1.39.